The average molecular weight is 332 g/mol. The van der Waals surface area contributed by atoms with Crippen molar-refractivity contribution in [1.82, 2.24) is 9.80 Å². The van der Waals surface area contributed by atoms with Crippen LogP contribution in [0.1, 0.15) is 45.1 Å². The summed E-state index contributed by atoms with van der Waals surface area (Å²) in [5.41, 5.74) is 1.07. The summed E-state index contributed by atoms with van der Waals surface area (Å²) in [7, 11) is 0. The molecule has 0 radical (unpaired) electrons. The molecule has 5 heteroatoms. The lowest BCUT2D eigenvalue weighted by atomic mass is 10.1. The Balaban J connectivity index is 1.96. The minimum absolute atomic E-state index is 0.0287. The Kier molecular flexibility index (Phi) is 7.09. The van der Waals surface area contributed by atoms with Gasteiger partial charge in [-0.05, 0) is 43.9 Å². The summed E-state index contributed by atoms with van der Waals surface area (Å²) in [5, 5.41) is 0. The second-order valence-electron chi connectivity index (χ2n) is 6.16. The van der Waals surface area contributed by atoms with Gasteiger partial charge in [-0.1, -0.05) is 19.1 Å². The van der Waals surface area contributed by atoms with E-state index in [-0.39, 0.29) is 18.4 Å². The molecule has 1 aliphatic heterocycles. The maximum absolute atomic E-state index is 12.6. The number of amides is 2. The van der Waals surface area contributed by atoms with Gasteiger partial charge in [0.25, 0.3) is 0 Å². The molecule has 1 saturated heterocycles. The molecule has 1 aromatic rings. The number of carbonyl (C=O) groups excluding carboxylic acids is 2. The van der Waals surface area contributed by atoms with Crippen molar-refractivity contribution in [2.45, 2.75) is 46.1 Å². The van der Waals surface area contributed by atoms with Crippen molar-refractivity contribution < 1.29 is 14.3 Å². The standard InChI is InChI=1S/C19H28N2O3/c1-3-12-20(14-16-8-10-17(11-9-16)24-4-2)19(23)15-21-13-6-5-7-18(21)22/h8-11H,3-7,12-15H2,1-2H3. The van der Waals surface area contributed by atoms with E-state index in [0.717, 1.165) is 30.6 Å². The normalized spacial score (nSPS) is 14.6. The average Bonchev–Trinajstić information content (AvgIpc) is 2.58. The van der Waals surface area contributed by atoms with Gasteiger partial charge in [0.05, 0.1) is 13.2 Å². The Bertz CT molecular complexity index is 542. The highest BCUT2D eigenvalue weighted by molar-refractivity contribution is 5.85. The molecule has 24 heavy (non-hydrogen) atoms. The minimum atomic E-state index is 0.0287. The zero-order valence-electron chi connectivity index (χ0n) is 14.8. The molecule has 0 spiro atoms. The first-order valence-corrected chi connectivity index (χ1v) is 8.91. The second-order valence-corrected chi connectivity index (χ2v) is 6.16. The maximum atomic E-state index is 12.6. The number of hydrogen-bond donors (Lipinski definition) is 0. The van der Waals surface area contributed by atoms with Crippen LogP contribution in [0.2, 0.25) is 0 Å². The lowest BCUT2D eigenvalue weighted by molar-refractivity contribution is -0.142. The lowest BCUT2D eigenvalue weighted by Gasteiger charge is -2.29. The van der Waals surface area contributed by atoms with E-state index in [1.54, 1.807) is 4.90 Å². The number of carbonyl (C=O) groups is 2. The van der Waals surface area contributed by atoms with E-state index in [1.807, 2.05) is 36.1 Å². The van der Waals surface area contributed by atoms with E-state index >= 15 is 0 Å². The predicted octanol–water partition coefficient (Wildman–Crippen LogP) is 2.84. The van der Waals surface area contributed by atoms with Gasteiger partial charge in [-0.2, -0.15) is 0 Å². The Morgan fingerprint density at radius 2 is 1.96 bits per heavy atom. The molecule has 1 fully saturated rings. The fourth-order valence-electron chi connectivity index (χ4n) is 2.93. The van der Waals surface area contributed by atoms with Crippen LogP contribution >= 0.6 is 0 Å². The number of nitrogens with zero attached hydrogens (tertiary/aromatic N) is 2. The van der Waals surface area contributed by atoms with Crippen LogP contribution in [-0.2, 0) is 16.1 Å². The summed E-state index contributed by atoms with van der Waals surface area (Å²) in [6.45, 7) is 6.84. The molecule has 0 atom stereocenters. The van der Waals surface area contributed by atoms with E-state index in [1.165, 1.54) is 0 Å². The zero-order valence-corrected chi connectivity index (χ0v) is 14.8. The van der Waals surface area contributed by atoms with Crippen LogP contribution in [0, 0.1) is 0 Å². The van der Waals surface area contributed by atoms with Gasteiger partial charge in [-0.15, -0.1) is 0 Å². The molecular formula is C19H28N2O3. The van der Waals surface area contributed by atoms with Crippen molar-refractivity contribution in [1.29, 1.82) is 0 Å². The Morgan fingerprint density at radius 3 is 2.58 bits per heavy atom. The van der Waals surface area contributed by atoms with Crippen LogP contribution in [0.3, 0.4) is 0 Å². The van der Waals surface area contributed by atoms with Crippen molar-refractivity contribution >= 4 is 11.8 Å². The van der Waals surface area contributed by atoms with Gasteiger partial charge >= 0.3 is 0 Å². The van der Waals surface area contributed by atoms with Crippen LogP contribution in [0.15, 0.2) is 24.3 Å². The molecule has 1 aromatic carbocycles. The molecule has 132 valence electrons. The minimum Gasteiger partial charge on any atom is -0.494 e. The Morgan fingerprint density at radius 1 is 1.21 bits per heavy atom. The topological polar surface area (TPSA) is 49.9 Å². The van der Waals surface area contributed by atoms with Gasteiger partial charge in [0.2, 0.25) is 11.8 Å². The van der Waals surface area contributed by atoms with Gasteiger partial charge in [0, 0.05) is 26.1 Å². The molecule has 0 N–H and O–H groups in total. The van der Waals surface area contributed by atoms with E-state index in [4.69, 9.17) is 4.74 Å². The van der Waals surface area contributed by atoms with Gasteiger partial charge in [-0.3, -0.25) is 9.59 Å². The third-order valence-corrected chi connectivity index (χ3v) is 4.20. The number of ether oxygens (including phenoxy) is 1. The van der Waals surface area contributed by atoms with Crippen molar-refractivity contribution in [2.24, 2.45) is 0 Å². The largest absolute Gasteiger partial charge is 0.494 e. The van der Waals surface area contributed by atoms with Gasteiger partial charge in [-0.25, -0.2) is 0 Å². The van der Waals surface area contributed by atoms with E-state index in [9.17, 15) is 9.59 Å². The third-order valence-electron chi connectivity index (χ3n) is 4.20. The van der Waals surface area contributed by atoms with Crippen LogP contribution in [0.25, 0.3) is 0 Å². The van der Waals surface area contributed by atoms with Crippen molar-refractivity contribution in [3.8, 4) is 5.75 Å². The quantitative estimate of drug-likeness (QED) is 0.735. The molecule has 0 unspecified atom stereocenters. The molecule has 2 rings (SSSR count). The predicted molar refractivity (Wildman–Crippen MR) is 93.8 cm³/mol. The van der Waals surface area contributed by atoms with E-state index in [0.29, 0.717) is 32.7 Å². The van der Waals surface area contributed by atoms with Crippen LogP contribution in [0.5, 0.6) is 5.75 Å². The summed E-state index contributed by atoms with van der Waals surface area (Å²) in [4.78, 5) is 28.1. The summed E-state index contributed by atoms with van der Waals surface area (Å²) in [6, 6.07) is 7.85. The van der Waals surface area contributed by atoms with Crippen LogP contribution in [0.4, 0.5) is 0 Å². The summed E-state index contributed by atoms with van der Waals surface area (Å²) in [5.74, 6) is 0.974. The fraction of sp³-hybridized carbons (Fsp3) is 0.579. The zero-order chi connectivity index (χ0) is 17.4. The SMILES string of the molecule is CCCN(Cc1ccc(OCC)cc1)C(=O)CN1CCCCC1=O. The number of benzene rings is 1. The summed E-state index contributed by atoms with van der Waals surface area (Å²) < 4.78 is 5.45. The molecule has 0 aliphatic carbocycles. The highest BCUT2D eigenvalue weighted by Gasteiger charge is 2.23. The first-order valence-electron chi connectivity index (χ1n) is 8.91. The lowest BCUT2D eigenvalue weighted by Crippen LogP contribution is -2.44. The van der Waals surface area contributed by atoms with Crippen molar-refractivity contribution in [3.05, 3.63) is 29.8 Å². The maximum Gasteiger partial charge on any atom is 0.242 e. The van der Waals surface area contributed by atoms with Crippen molar-refractivity contribution in [3.63, 3.8) is 0 Å². The molecule has 5 nitrogen and oxygen atoms in total. The highest BCUT2D eigenvalue weighted by atomic mass is 16.5. The van der Waals surface area contributed by atoms with Crippen molar-refractivity contribution in [2.75, 3.05) is 26.2 Å². The highest BCUT2D eigenvalue weighted by Crippen LogP contribution is 2.15. The number of likely N-dealkylation sites (tertiary alicyclic amines) is 1. The molecule has 0 saturated carbocycles. The van der Waals surface area contributed by atoms with Gasteiger partial charge in [0.1, 0.15) is 5.75 Å². The van der Waals surface area contributed by atoms with E-state index in [2.05, 4.69) is 6.92 Å². The molecular weight excluding hydrogens is 304 g/mol. The molecule has 1 heterocycles. The van der Waals surface area contributed by atoms with Gasteiger partial charge in [0.15, 0.2) is 0 Å². The van der Waals surface area contributed by atoms with Gasteiger partial charge < -0.3 is 14.5 Å². The first-order chi connectivity index (χ1) is 11.6. The monoisotopic (exact) mass is 332 g/mol. The number of hydrogen-bond acceptors (Lipinski definition) is 3. The summed E-state index contributed by atoms with van der Waals surface area (Å²) >= 11 is 0. The number of rotatable bonds is 8. The van der Waals surface area contributed by atoms with Crippen LogP contribution in [-0.4, -0.2) is 47.9 Å². The smallest absolute Gasteiger partial charge is 0.242 e. The van der Waals surface area contributed by atoms with E-state index < -0.39 is 0 Å². The molecule has 0 aromatic heterocycles. The first kappa shape index (κ1) is 18.3. The molecule has 2 amide bonds. The fourth-order valence-corrected chi connectivity index (χ4v) is 2.93. The molecule has 1 aliphatic rings. The second kappa shape index (κ2) is 9.30. The Hall–Kier alpha value is -2.04. The number of piperidine rings is 1. The molecule has 0 bridgehead atoms. The third kappa shape index (κ3) is 5.25. The van der Waals surface area contributed by atoms with Crippen LogP contribution < -0.4 is 4.74 Å². The summed E-state index contributed by atoms with van der Waals surface area (Å²) in [6.07, 6.45) is 3.40. The Labute approximate surface area is 144 Å².